The van der Waals surface area contributed by atoms with Crippen LogP contribution in [0.4, 0.5) is 23.2 Å². The fourth-order valence-electron chi connectivity index (χ4n) is 1.77. The number of hydrogen-bond acceptors (Lipinski definition) is 3. The van der Waals surface area contributed by atoms with Gasteiger partial charge in [-0.3, -0.25) is 9.59 Å². The van der Waals surface area contributed by atoms with Gasteiger partial charge in [-0.25, -0.2) is 17.6 Å². The third kappa shape index (κ3) is 4.13. The Hall–Kier alpha value is -2.81. The first-order valence-electron chi connectivity index (χ1n) is 6.64. The van der Waals surface area contributed by atoms with Crippen LogP contribution in [0.15, 0.2) is 5.11 Å². The smallest absolute Gasteiger partial charge is 0.306 e. The van der Waals surface area contributed by atoms with Crippen LogP contribution >= 0.6 is 0 Å². The minimum Gasteiger partial charge on any atom is -0.481 e. The molecule has 11 heteroatoms. The number of amides is 1. The number of aliphatic carboxylic acids is 1. The Bertz CT molecular complexity index is 691. The zero-order valence-corrected chi connectivity index (χ0v) is 12.3. The summed E-state index contributed by atoms with van der Waals surface area (Å²) in [6.45, 7) is 1.28. The third-order valence-corrected chi connectivity index (χ3v) is 3.13. The van der Waals surface area contributed by atoms with Gasteiger partial charge in [-0.15, -0.1) is 0 Å². The third-order valence-electron chi connectivity index (χ3n) is 3.13. The van der Waals surface area contributed by atoms with Crippen LogP contribution in [-0.2, 0) is 4.79 Å². The molecule has 130 valence electrons. The molecule has 0 aliphatic heterocycles. The molecule has 0 spiro atoms. The molecule has 0 aliphatic rings. The number of carboxylic acids is 1. The van der Waals surface area contributed by atoms with E-state index in [-0.39, 0.29) is 19.4 Å². The molecule has 0 heterocycles. The van der Waals surface area contributed by atoms with Crippen molar-refractivity contribution in [1.29, 1.82) is 0 Å². The van der Waals surface area contributed by atoms with Crippen molar-refractivity contribution in [3.63, 3.8) is 0 Å². The summed E-state index contributed by atoms with van der Waals surface area (Å²) >= 11 is 0. The summed E-state index contributed by atoms with van der Waals surface area (Å²) < 4.78 is 54.5. The topological polar surface area (TPSA) is 115 Å². The molecule has 0 saturated carbocycles. The maximum Gasteiger partial charge on any atom is 0.306 e. The van der Waals surface area contributed by atoms with E-state index in [1.807, 2.05) is 10.2 Å². The van der Waals surface area contributed by atoms with Crippen LogP contribution in [0.2, 0.25) is 0 Å². The summed E-state index contributed by atoms with van der Waals surface area (Å²) in [6.07, 6.45) is 0.351. The molecule has 0 fully saturated rings. The molecule has 0 saturated heterocycles. The molecule has 24 heavy (non-hydrogen) atoms. The number of carbonyl (C=O) groups is 2. The molecular formula is C13H12F4N4O3. The van der Waals surface area contributed by atoms with E-state index in [2.05, 4.69) is 5.11 Å². The molecule has 0 bridgehead atoms. The van der Waals surface area contributed by atoms with Gasteiger partial charge in [-0.05, 0) is 18.4 Å². The first-order valence-corrected chi connectivity index (χ1v) is 6.64. The number of rotatable bonds is 7. The quantitative estimate of drug-likeness (QED) is 0.196. The molecule has 0 radical (unpaired) electrons. The van der Waals surface area contributed by atoms with Gasteiger partial charge in [0.1, 0.15) is 11.3 Å². The monoisotopic (exact) mass is 348 g/mol. The predicted octanol–water partition coefficient (Wildman–Crippen LogP) is 3.42. The maximum absolute atomic E-state index is 13.7. The van der Waals surface area contributed by atoms with E-state index in [4.69, 9.17) is 10.6 Å². The van der Waals surface area contributed by atoms with Crippen molar-refractivity contribution in [3.8, 4) is 0 Å². The van der Waals surface area contributed by atoms with Crippen LogP contribution in [-0.4, -0.2) is 23.5 Å². The largest absolute Gasteiger partial charge is 0.481 e. The lowest BCUT2D eigenvalue weighted by Gasteiger charge is -2.10. The van der Waals surface area contributed by atoms with Gasteiger partial charge in [-0.2, -0.15) is 0 Å². The molecule has 1 aromatic carbocycles. The van der Waals surface area contributed by atoms with Crippen molar-refractivity contribution < 1.29 is 32.3 Å². The fraction of sp³-hybridized carbons (Fsp3) is 0.385. The maximum atomic E-state index is 13.7. The lowest BCUT2D eigenvalue weighted by atomic mass is 10.1. The van der Waals surface area contributed by atoms with Crippen LogP contribution in [0.5, 0.6) is 0 Å². The number of carboxylic acid groups (broad SMARTS) is 1. The van der Waals surface area contributed by atoms with Crippen molar-refractivity contribution in [1.82, 2.24) is 5.32 Å². The van der Waals surface area contributed by atoms with E-state index in [1.165, 1.54) is 6.92 Å². The Morgan fingerprint density at radius 2 is 1.75 bits per heavy atom. The molecule has 7 nitrogen and oxygen atoms in total. The minimum atomic E-state index is -1.99. The average molecular weight is 348 g/mol. The number of carbonyl (C=O) groups excluding carboxylic acids is 1. The highest BCUT2D eigenvalue weighted by Gasteiger charge is 2.28. The second kappa shape index (κ2) is 8.16. The lowest BCUT2D eigenvalue weighted by Crippen LogP contribution is -2.28. The van der Waals surface area contributed by atoms with Crippen molar-refractivity contribution in [2.75, 3.05) is 6.54 Å². The summed E-state index contributed by atoms with van der Waals surface area (Å²) in [4.78, 5) is 24.3. The Morgan fingerprint density at radius 3 is 2.21 bits per heavy atom. The van der Waals surface area contributed by atoms with Crippen LogP contribution in [0.3, 0.4) is 0 Å². The highest BCUT2D eigenvalue weighted by Crippen LogP contribution is 2.30. The SMILES string of the molecule is CC(CCCNC(=O)c1c(F)c(F)c(N=[N+]=[N-])c(F)c1F)C(=O)O. The molecule has 1 aromatic rings. The Labute approximate surface area is 132 Å². The van der Waals surface area contributed by atoms with Crippen LogP contribution in [0, 0.1) is 29.2 Å². The lowest BCUT2D eigenvalue weighted by molar-refractivity contribution is -0.141. The average Bonchev–Trinajstić information content (AvgIpc) is 2.53. The second-order valence-corrected chi connectivity index (χ2v) is 4.81. The van der Waals surface area contributed by atoms with Crippen LogP contribution in [0.1, 0.15) is 30.1 Å². The predicted molar refractivity (Wildman–Crippen MR) is 73.4 cm³/mol. The van der Waals surface area contributed by atoms with Gasteiger partial charge in [0.05, 0.1) is 5.92 Å². The van der Waals surface area contributed by atoms with Crippen molar-refractivity contribution in [2.24, 2.45) is 11.0 Å². The number of nitrogens with one attached hydrogen (secondary N) is 1. The highest BCUT2D eigenvalue weighted by molar-refractivity contribution is 5.95. The van der Waals surface area contributed by atoms with E-state index in [0.717, 1.165) is 0 Å². The zero-order valence-electron chi connectivity index (χ0n) is 12.3. The number of benzene rings is 1. The summed E-state index contributed by atoms with van der Waals surface area (Å²) in [5, 5.41) is 13.2. The Morgan fingerprint density at radius 1 is 1.21 bits per heavy atom. The number of halogens is 4. The van der Waals surface area contributed by atoms with Crippen LogP contribution < -0.4 is 5.32 Å². The molecule has 1 unspecified atom stereocenters. The van der Waals surface area contributed by atoms with E-state index < -0.39 is 52.3 Å². The van der Waals surface area contributed by atoms with Crippen molar-refractivity contribution in [2.45, 2.75) is 19.8 Å². The first kappa shape index (κ1) is 19.2. The number of azide groups is 1. The van der Waals surface area contributed by atoms with Crippen LogP contribution in [0.25, 0.3) is 10.4 Å². The molecule has 0 aliphatic carbocycles. The standard InChI is InChI=1S/C13H12F4N4O3/c1-5(13(23)24)3-2-4-19-12(22)6-7(14)9(16)11(20-21-18)10(17)8(6)15/h5H,2-4H2,1H3,(H,19,22)(H,23,24). The van der Waals surface area contributed by atoms with Gasteiger partial charge in [0.15, 0.2) is 23.3 Å². The van der Waals surface area contributed by atoms with E-state index in [1.54, 1.807) is 0 Å². The van der Waals surface area contributed by atoms with Gasteiger partial charge in [0.2, 0.25) is 0 Å². The van der Waals surface area contributed by atoms with Gasteiger partial charge < -0.3 is 10.4 Å². The Balaban J connectivity index is 2.92. The van der Waals surface area contributed by atoms with Gasteiger partial charge in [0.25, 0.3) is 5.91 Å². The molecule has 1 atom stereocenters. The van der Waals surface area contributed by atoms with E-state index in [9.17, 15) is 27.2 Å². The summed E-state index contributed by atoms with van der Waals surface area (Å²) in [7, 11) is 0. The summed E-state index contributed by atoms with van der Waals surface area (Å²) in [6, 6.07) is 0. The molecular weight excluding hydrogens is 336 g/mol. The molecule has 2 N–H and O–H groups in total. The highest BCUT2D eigenvalue weighted by atomic mass is 19.2. The first-order chi connectivity index (χ1) is 11.2. The van der Waals surface area contributed by atoms with Gasteiger partial charge >= 0.3 is 5.97 Å². The number of nitrogens with zero attached hydrogens (tertiary/aromatic N) is 3. The summed E-state index contributed by atoms with van der Waals surface area (Å²) in [5.74, 6) is -11.1. The van der Waals surface area contributed by atoms with Gasteiger partial charge in [-0.1, -0.05) is 12.0 Å². The second-order valence-electron chi connectivity index (χ2n) is 4.81. The molecule has 1 amide bonds. The van der Waals surface area contributed by atoms with E-state index >= 15 is 0 Å². The van der Waals surface area contributed by atoms with Crippen molar-refractivity contribution in [3.05, 3.63) is 39.3 Å². The normalized spacial score (nSPS) is 11.5. The molecule has 1 rings (SSSR count). The molecule has 0 aromatic heterocycles. The van der Waals surface area contributed by atoms with Gasteiger partial charge in [0, 0.05) is 11.5 Å². The Kier molecular flexibility index (Phi) is 6.54. The summed E-state index contributed by atoms with van der Waals surface area (Å²) in [5.41, 5.74) is 5.11. The van der Waals surface area contributed by atoms with Crippen molar-refractivity contribution >= 4 is 17.6 Å². The fourth-order valence-corrected chi connectivity index (χ4v) is 1.77. The van der Waals surface area contributed by atoms with E-state index in [0.29, 0.717) is 0 Å². The number of hydrogen-bond donors (Lipinski definition) is 2. The zero-order chi connectivity index (χ0) is 18.4. The minimum absolute atomic E-state index is 0.156.